The number of aryl methyl sites for hydroxylation is 1. The Morgan fingerprint density at radius 3 is 2.22 bits per heavy atom. The molecule has 1 amide bonds. The van der Waals surface area contributed by atoms with Gasteiger partial charge in [0.05, 0.1) is 11.4 Å². The summed E-state index contributed by atoms with van der Waals surface area (Å²) < 4.78 is 0. The molecule has 232 valence electrons. The number of rotatable bonds is 13. The molecule has 1 aromatic heterocycles. The Bertz CT molecular complexity index is 1830. The monoisotopic (exact) mass is 613 g/mol. The maximum Gasteiger partial charge on any atom is 0.332 e. The molecule has 1 heterocycles. The lowest BCUT2D eigenvalue weighted by Crippen LogP contribution is -2.23. The summed E-state index contributed by atoms with van der Waals surface area (Å²) in [6.07, 6.45) is 3.16. The Hall–Kier alpha value is -5.80. The zero-order valence-electron chi connectivity index (χ0n) is 25.1. The molecule has 1 atom stereocenters. The first kappa shape index (κ1) is 31.6. The summed E-state index contributed by atoms with van der Waals surface area (Å²) in [5.41, 5.74) is 13.2. The third-order valence-corrected chi connectivity index (χ3v) is 7.49. The number of anilines is 1. The Labute approximate surface area is 267 Å². The fraction of sp³-hybridized carbons (Fsp3) is 0.135. The van der Waals surface area contributed by atoms with Gasteiger partial charge in [-0.25, -0.2) is 9.78 Å². The van der Waals surface area contributed by atoms with Crippen molar-refractivity contribution in [2.24, 2.45) is 0 Å². The normalized spacial score (nSPS) is 11.8. The Morgan fingerprint density at radius 1 is 0.891 bits per heavy atom. The molecule has 4 aromatic carbocycles. The predicted octanol–water partition coefficient (Wildman–Crippen LogP) is 5.96. The molecular weight excluding hydrogens is 578 g/mol. The maximum absolute atomic E-state index is 12.4. The predicted molar refractivity (Wildman–Crippen MR) is 181 cm³/mol. The molecule has 1 unspecified atom stereocenters. The number of aliphatic carboxylic acids is 1. The number of hydrogen-bond acceptors (Lipinski definition) is 6. The van der Waals surface area contributed by atoms with E-state index >= 15 is 0 Å². The van der Waals surface area contributed by atoms with E-state index in [0.29, 0.717) is 29.3 Å². The molecule has 0 aliphatic rings. The second-order valence-corrected chi connectivity index (χ2v) is 10.9. The van der Waals surface area contributed by atoms with Crippen molar-refractivity contribution < 1.29 is 19.8 Å². The third-order valence-electron chi connectivity index (χ3n) is 7.49. The molecule has 46 heavy (non-hydrogen) atoms. The second kappa shape index (κ2) is 14.8. The number of aliphatic hydroxyl groups excluding tert-OH is 1. The van der Waals surface area contributed by atoms with E-state index in [1.165, 1.54) is 11.6 Å². The van der Waals surface area contributed by atoms with Crippen molar-refractivity contribution in [1.29, 1.82) is 5.41 Å². The molecular formula is C37H35N5O4. The smallest absolute Gasteiger partial charge is 0.332 e. The number of nitrogens with zero attached hydrogens (tertiary/aromatic N) is 1. The molecule has 9 heteroatoms. The van der Waals surface area contributed by atoms with Crippen LogP contribution < -0.4 is 11.1 Å². The van der Waals surface area contributed by atoms with Gasteiger partial charge < -0.3 is 31.7 Å². The minimum atomic E-state index is -1.63. The van der Waals surface area contributed by atoms with Crippen LogP contribution in [0.15, 0.2) is 109 Å². The number of hydrogen-bond donors (Lipinski definition) is 6. The van der Waals surface area contributed by atoms with Crippen LogP contribution in [0.2, 0.25) is 0 Å². The number of carboxylic acids is 1. The summed E-state index contributed by atoms with van der Waals surface area (Å²) in [7, 11) is 0. The lowest BCUT2D eigenvalue weighted by atomic mass is 9.99. The number of nitrogens with two attached hydrogens (primary N) is 1. The number of carbonyl (C=O) groups excluding carboxylic acids is 1. The van der Waals surface area contributed by atoms with Crippen molar-refractivity contribution >= 4 is 29.4 Å². The topological polar surface area (TPSA) is 165 Å². The van der Waals surface area contributed by atoms with E-state index in [2.05, 4.69) is 22.4 Å². The van der Waals surface area contributed by atoms with Crippen molar-refractivity contribution in [3.63, 3.8) is 0 Å². The molecule has 5 rings (SSSR count). The van der Waals surface area contributed by atoms with Gasteiger partial charge >= 0.3 is 5.97 Å². The van der Waals surface area contributed by atoms with E-state index in [-0.39, 0.29) is 18.0 Å². The zero-order valence-corrected chi connectivity index (χ0v) is 25.1. The largest absolute Gasteiger partial charge is 0.479 e. The number of nitrogens with one attached hydrogen (secondary N) is 3. The van der Waals surface area contributed by atoms with Gasteiger partial charge in [-0.1, -0.05) is 78.9 Å². The van der Waals surface area contributed by atoms with Gasteiger partial charge in [-0.15, -0.1) is 0 Å². The van der Waals surface area contributed by atoms with Gasteiger partial charge in [0.15, 0.2) is 6.10 Å². The number of aromatic amines is 1. The number of nitrogen functional groups attached to an aromatic ring is 1. The number of carbonyl (C=O) groups is 2. The van der Waals surface area contributed by atoms with Gasteiger partial charge in [-0.2, -0.15) is 0 Å². The first-order valence-corrected chi connectivity index (χ1v) is 14.9. The van der Waals surface area contributed by atoms with Gasteiger partial charge in [0.2, 0.25) is 5.91 Å². The SMILES string of the molecule is N=C(CC(O)C(=O)O)c1ccc(-c2nc(-c3ccc(N)cc3)[nH]c2-c2ccc(/C=C/C(=O)NCCCc3ccccc3)cc2)cc1. The second-order valence-electron chi connectivity index (χ2n) is 10.9. The molecule has 0 bridgehead atoms. The van der Waals surface area contributed by atoms with Gasteiger partial charge in [0, 0.05) is 47.1 Å². The number of aromatic nitrogens is 2. The third kappa shape index (κ3) is 8.22. The zero-order chi connectivity index (χ0) is 32.5. The molecule has 5 aromatic rings. The van der Waals surface area contributed by atoms with Gasteiger partial charge in [0.25, 0.3) is 0 Å². The van der Waals surface area contributed by atoms with Crippen LogP contribution in [0.25, 0.3) is 40.0 Å². The first-order chi connectivity index (χ1) is 22.3. The minimum absolute atomic E-state index is 0.0239. The van der Waals surface area contributed by atoms with E-state index in [4.69, 9.17) is 21.2 Å². The fourth-order valence-electron chi connectivity index (χ4n) is 4.94. The molecule has 9 nitrogen and oxygen atoms in total. The quantitative estimate of drug-likeness (QED) is 0.0415. The first-order valence-electron chi connectivity index (χ1n) is 14.9. The minimum Gasteiger partial charge on any atom is -0.479 e. The van der Waals surface area contributed by atoms with Crippen LogP contribution in [0.5, 0.6) is 0 Å². The van der Waals surface area contributed by atoms with E-state index in [0.717, 1.165) is 40.8 Å². The highest BCUT2D eigenvalue weighted by atomic mass is 16.4. The molecule has 0 spiro atoms. The summed E-state index contributed by atoms with van der Waals surface area (Å²) in [6.45, 7) is 0.600. The van der Waals surface area contributed by atoms with E-state index < -0.39 is 12.1 Å². The van der Waals surface area contributed by atoms with Crippen LogP contribution in [0.3, 0.4) is 0 Å². The Balaban J connectivity index is 1.32. The lowest BCUT2D eigenvalue weighted by Gasteiger charge is -2.09. The van der Waals surface area contributed by atoms with E-state index in [9.17, 15) is 14.7 Å². The number of amides is 1. The summed E-state index contributed by atoms with van der Waals surface area (Å²) in [6, 6.07) is 32.4. The van der Waals surface area contributed by atoms with Gasteiger partial charge in [-0.3, -0.25) is 4.79 Å². The average Bonchev–Trinajstić information content (AvgIpc) is 3.52. The molecule has 0 aliphatic heterocycles. The lowest BCUT2D eigenvalue weighted by molar-refractivity contribution is -0.146. The number of imidazole rings is 1. The highest BCUT2D eigenvalue weighted by molar-refractivity contribution is 6.00. The van der Waals surface area contributed by atoms with E-state index in [1.54, 1.807) is 18.2 Å². The van der Waals surface area contributed by atoms with Crippen molar-refractivity contribution in [2.75, 3.05) is 12.3 Å². The van der Waals surface area contributed by atoms with Crippen molar-refractivity contribution in [1.82, 2.24) is 15.3 Å². The maximum atomic E-state index is 12.4. The number of H-pyrrole nitrogens is 1. The molecule has 0 saturated carbocycles. The van der Waals surface area contributed by atoms with Gasteiger partial charge in [-0.05, 0) is 59.9 Å². The molecule has 0 radical (unpaired) electrons. The Morgan fingerprint density at radius 2 is 1.54 bits per heavy atom. The standard InChI is InChI=1S/C37H35N5O4/c38-30-19-17-29(18-20-30)36-41-34(35(42-36)28-15-13-26(14-16-28)31(39)23-32(43)37(45)46)27-11-8-25(9-12-27)10-21-33(44)40-22-4-7-24-5-2-1-3-6-24/h1-3,5-6,8-21,32,39,43H,4,7,22-23,38H2,(H,40,44)(H,41,42)(H,45,46)/b21-10+,39-31?. The molecule has 7 N–H and O–H groups in total. The summed E-state index contributed by atoms with van der Waals surface area (Å²) in [5.74, 6) is -0.855. The summed E-state index contributed by atoms with van der Waals surface area (Å²) in [5, 5.41) is 29.8. The van der Waals surface area contributed by atoms with Crippen LogP contribution in [0, 0.1) is 5.41 Å². The van der Waals surface area contributed by atoms with Crippen LogP contribution in [0.1, 0.15) is 29.5 Å². The van der Waals surface area contributed by atoms with Gasteiger partial charge in [0.1, 0.15) is 5.82 Å². The summed E-state index contributed by atoms with van der Waals surface area (Å²) in [4.78, 5) is 31.7. The summed E-state index contributed by atoms with van der Waals surface area (Å²) >= 11 is 0. The molecule has 0 saturated heterocycles. The van der Waals surface area contributed by atoms with Crippen molar-refractivity contribution in [3.8, 4) is 33.9 Å². The molecule has 0 aliphatic carbocycles. The van der Waals surface area contributed by atoms with Crippen LogP contribution >= 0.6 is 0 Å². The van der Waals surface area contributed by atoms with Crippen LogP contribution in [-0.2, 0) is 16.0 Å². The van der Waals surface area contributed by atoms with Crippen LogP contribution in [-0.4, -0.2) is 50.4 Å². The number of aliphatic hydroxyl groups is 1. The Kier molecular flexibility index (Phi) is 10.2. The number of carboxylic acid groups (broad SMARTS) is 1. The number of benzene rings is 4. The van der Waals surface area contributed by atoms with Crippen LogP contribution in [0.4, 0.5) is 5.69 Å². The van der Waals surface area contributed by atoms with Crippen molar-refractivity contribution in [3.05, 3.63) is 126 Å². The average molecular weight is 614 g/mol. The highest BCUT2D eigenvalue weighted by Gasteiger charge is 2.18. The highest BCUT2D eigenvalue weighted by Crippen LogP contribution is 2.34. The molecule has 0 fully saturated rings. The van der Waals surface area contributed by atoms with E-state index in [1.807, 2.05) is 78.9 Å². The fourth-order valence-corrected chi connectivity index (χ4v) is 4.94. The van der Waals surface area contributed by atoms with Crippen molar-refractivity contribution in [2.45, 2.75) is 25.4 Å².